The standard InChI is InChI=1S/C20H23ClN4O4/c21-15-9-12(5-6-16(15)24-8-7-22-17(26)10-24)23-18(27)11-25-19(28)13-3-1-2-4-14(13)20(25)29/h5-6,9,13-14H,1-4,7-8,10-11H2,(H,22,26)(H,23,27). The van der Waals surface area contributed by atoms with Crippen molar-refractivity contribution >= 4 is 46.6 Å². The number of imide groups is 1. The van der Waals surface area contributed by atoms with Gasteiger partial charge in [-0.25, -0.2) is 0 Å². The number of anilines is 2. The average molecular weight is 419 g/mol. The Balaban J connectivity index is 1.40. The van der Waals surface area contributed by atoms with Crippen molar-refractivity contribution < 1.29 is 19.2 Å². The number of halogens is 1. The number of hydrogen-bond acceptors (Lipinski definition) is 5. The normalized spacial score (nSPS) is 24.4. The van der Waals surface area contributed by atoms with E-state index in [-0.39, 0.29) is 42.6 Å². The van der Waals surface area contributed by atoms with Crippen LogP contribution in [-0.4, -0.2) is 54.7 Å². The van der Waals surface area contributed by atoms with Gasteiger partial charge in [0.15, 0.2) is 0 Å². The molecule has 2 aliphatic heterocycles. The number of carbonyl (C=O) groups excluding carboxylic acids is 4. The predicted molar refractivity (Wildman–Crippen MR) is 107 cm³/mol. The smallest absolute Gasteiger partial charge is 0.244 e. The van der Waals surface area contributed by atoms with Gasteiger partial charge in [-0.1, -0.05) is 24.4 Å². The predicted octanol–water partition coefficient (Wildman–Crippen LogP) is 1.39. The topological polar surface area (TPSA) is 98.8 Å². The quantitative estimate of drug-likeness (QED) is 0.720. The summed E-state index contributed by atoms with van der Waals surface area (Å²) >= 11 is 6.35. The van der Waals surface area contributed by atoms with Gasteiger partial charge in [-0.2, -0.15) is 0 Å². The molecule has 1 aromatic rings. The molecule has 1 saturated carbocycles. The van der Waals surface area contributed by atoms with E-state index < -0.39 is 5.91 Å². The van der Waals surface area contributed by atoms with Crippen molar-refractivity contribution in [2.45, 2.75) is 25.7 Å². The maximum atomic E-state index is 12.5. The molecule has 0 aromatic heterocycles. The van der Waals surface area contributed by atoms with Crippen LogP contribution in [0.3, 0.4) is 0 Å². The zero-order valence-corrected chi connectivity index (χ0v) is 16.7. The molecular formula is C20H23ClN4O4. The Hall–Kier alpha value is -2.61. The van der Waals surface area contributed by atoms with Crippen molar-refractivity contribution in [3.8, 4) is 0 Å². The van der Waals surface area contributed by atoms with E-state index in [0.717, 1.165) is 30.6 Å². The number of amides is 4. The lowest BCUT2D eigenvalue weighted by Crippen LogP contribution is -2.47. The van der Waals surface area contributed by atoms with Crippen LogP contribution in [0.2, 0.25) is 5.02 Å². The summed E-state index contributed by atoms with van der Waals surface area (Å²) in [6.07, 6.45) is 3.34. The summed E-state index contributed by atoms with van der Waals surface area (Å²) < 4.78 is 0. The zero-order valence-electron chi connectivity index (χ0n) is 15.9. The number of likely N-dealkylation sites (tertiary alicyclic amines) is 1. The lowest BCUT2D eigenvalue weighted by molar-refractivity contribution is -0.142. The average Bonchev–Trinajstić information content (AvgIpc) is 2.93. The number of piperazine rings is 1. The minimum atomic E-state index is -0.438. The molecular weight excluding hydrogens is 396 g/mol. The van der Waals surface area contributed by atoms with Gasteiger partial charge in [0.05, 0.1) is 29.1 Å². The van der Waals surface area contributed by atoms with Crippen LogP contribution in [0.15, 0.2) is 18.2 Å². The maximum Gasteiger partial charge on any atom is 0.244 e. The van der Waals surface area contributed by atoms with Crippen LogP contribution in [0.25, 0.3) is 0 Å². The number of fused-ring (bicyclic) bond motifs is 1. The van der Waals surface area contributed by atoms with Gasteiger partial charge in [0.1, 0.15) is 6.54 Å². The molecule has 0 bridgehead atoms. The lowest BCUT2D eigenvalue weighted by Gasteiger charge is -2.29. The number of benzene rings is 1. The van der Waals surface area contributed by atoms with E-state index in [4.69, 9.17) is 11.6 Å². The molecule has 2 saturated heterocycles. The third-order valence-corrected chi connectivity index (χ3v) is 6.15. The second kappa shape index (κ2) is 8.02. The molecule has 154 valence electrons. The van der Waals surface area contributed by atoms with Crippen LogP contribution in [0.5, 0.6) is 0 Å². The molecule has 2 unspecified atom stereocenters. The van der Waals surface area contributed by atoms with Crippen molar-refractivity contribution in [1.29, 1.82) is 0 Å². The van der Waals surface area contributed by atoms with Gasteiger partial charge >= 0.3 is 0 Å². The maximum absolute atomic E-state index is 12.5. The molecule has 1 aromatic carbocycles. The lowest BCUT2D eigenvalue weighted by atomic mass is 9.81. The van der Waals surface area contributed by atoms with Gasteiger partial charge in [0.25, 0.3) is 0 Å². The van der Waals surface area contributed by atoms with Crippen LogP contribution in [-0.2, 0) is 19.2 Å². The highest BCUT2D eigenvalue weighted by molar-refractivity contribution is 6.33. The largest absolute Gasteiger partial charge is 0.359 e. The van der Waals surface area contributed by atoms with Gasteiger partial charge in [0.2, 0.25) is 23.6 Å². The minimum Gasteiger partial charge on any atom is -0.359 e. The first-order chi connectivity index (χ1) is 13.9. The Bertz CT molecular complexity index is 850. The summed E-state index contributed by atoms with van der Waals surface area (Å²) in [5.41, 5.74) is 1.19. The van der Waals surface area contributed by atoms with Gasteiger partial charge in [0, 0.05) is 18.8 Å². The monoisotopic (exact) mass is 418 g/mol. The molecule has 4 amide bonds. The van der Waals surface area contributed by atoms with Crippen molar-refractivity contribution in [2.24, 2.45) is 11.8 Å². The van der Waals surface area contributed by atoms with E-state index in [0.29, 0.717) is 29.5 Å². The summed E-state index contributed by atoms with van der Waals surface area (Å²) in [5.74, 6) is -1.49. The fourth-order valence-electron chi connectivity index (χ4n) is 4.42. The second-order valence-corrected chi connectivity index (χ2v) is 8.15. The van der Waals surface area contributed by atoms with Crippen molar-refractivity contribution in [2.75, 3.05) is 36.4 Å². The molecule has 3 aliphatic rings. The highest BCUT2D eigenvalue weighted by Gasteiger charge is 2.48. The van der Waals surface area contributed by atoms with Crippen molar-refractivity contribution in [3.05, 3.63) is 23.2 Å². The van der Waals surface area contributed by atoms with E-state index in [1.807, 2.05) is 4.90 Å². The highest BCUT2D eigenvalue weighted by atomic mass is 35.5. The van der Waals surface area contributed by atoms with E-state index in [9.17, 15) is 19.2 Å². The molecule has 3 fully saturated rings. The number of nitrogens with one attached hydrogen (secondary N) is 2. The van der Waals surface area contributed by atoms with Crippen LogP contribution < -0.4 is 15.5 Å². The van der Waals surface area contributed by atoms with Crippen LogP contribution in [0, 0.1) is 11.8 Å². The Kier molecular flexibility index (Phi) is 5.45. The second-order valence-electron chi connectivity index (χ2n) is 7.75. The first-order valence-corrected chi connectivity index (χ1v) is 10.3. The van der Waals surface area contributed by atoms with Gasteiger partial charge in [-0.3, -0.25) is 24.1 Å². The third-order valence-electron chi connectivity index (χ3n) is 5.84. The van der Waals surface area contributed by atoms with Gasteiger partial charge in [-0.05, 0) is 31.0 Å². The van der Waals surface area contributed by atoms with E-state index in [1.165, 1.54) is 0 Å². The van der Waals surface area contributed by atoms with Crippen molar-refractivity contribution in [3.63, 3.8) is 0 Å². The number of nitrogens with zero attached hydrogens (tertiary/aromatic N) is 2. The Morgan fingerprint density at radius 2 is 1.83 bits per heavy atom. The number of rotatable bonds is 4. The molecule has 4 rings (SSSR count). The molecule has 8 nitrogen and oxygen atoms in total. The molecule has 2 atom stereocenters. The first-order valence-electron chi connectivity index (χ1n) is 9.90. The fraction of sp³-hybridized carbons (Fsp3) is 0.500. The summed E-state index contributed by atoms with van der Waals surface area (Å²) in [6.45, 7) is 1.15. The van der Waals surface area contributed by atoms with Crippen LogP contribution in [0.1, 0.15) is 25.7 Å². The molecule has 9 heteroatoms. The first kappa shape index (κ1) is 19.7. The fourth-order valence-corrected chi connectivity index (χ4v) is 4.72. The van der Waals surface area contributed by atoms with E-state index in [1.54, 1.807) is 18.2 Å². The van der Waals surface area contributed by atoms with E-state index >= 15 is 0 Å². The molecule has 0 spiro atoms. The number of carbonyl (C=O) groups is 4. The highest BCUT2D eigenvalue weighted by Crippen LogP contribution is 2.38. The Morgan fingerprint density at radius 1 is 1.14 bits per heavy atom. The van der Waals surface area contributed by atoms with Gasteiger partial charge < -0.3 is 15.5 Å². The Labute approximate surface area is 173 Å². The minimum absolute atomic E-state index is 0.0646. The van der Waals surface area contributed by atoms with Gasteiger partial charge in [-0.15, -0.1) is 0 Å². The van der Waals surface area contributed by atoms with Crippen LogP contribution >= 0.6 is 11.6 Å². The third kappa shape index (κ3) is 3.94. The molecule has 2 heterocycles. The molecule has 2 N–H and O–H groups in total. The summed E-state index contributed by atoms with van der Waals surface area (Å²) in [4.78, 5) is 52.0. The van der Waals surface area contributed by atoms with E-state index in [2.05, 4.69) is 10.6 Å². The van der Waals surface area contributed by atoms with Crippen molar-refractivity contribution in [1.82, 2.24) is 10.2 Å². The SMILES string of the molecule is O=C1CN(c2ccc(NC(=O)CN3C(=O)C4CCCCC4C3=O)cc2Cl)CCN1. The molecule has 1 aliphatic carbocycles. The number of hydrogen-bond donors (Lipinski definition) is 2. The summed E-state index contributed by atoms with van der Waals surface area (Å²) in [7, 11) is 0. The zero-order chi connectivity index (χ0) is 20.5. The summed E-state index contributed by atoms with van der Waals surface area (Å²) in [6, 6.07) is 5.05. The Morgan fingerprint density at radius 3 is 2.45 bits per heavy atom. The summed E-state index contributed by atoms with van der Waals surface area (Å²) in [5, 5.41) is 5.88. The molecule has 0 radical (unpaired) electrons. The molecule has 29 heavy (non-hydrogen) atoms. The van der Waals surface area contributed by atoms with Crippen LogP contribution in [0.4, 0.5) is 11.4 Å².